The molecule has 4 unspecified atom stereocenters. The van der Waals surface area contributed by atoms with Crippen molar-refractivity contribution in [2.24, 2.45) is 17.8 Å². The Hall–Kier alpha value is -1.71. The summed E-state index contributed by atoms with van der Waals surface area (Å²) in [6.07, 6.45) is 0.732. The lowest BCUT2D eigenvalue weighted by Crippen LogP contribution is -2.63. The number of nitrogens with zero attached hydrogens (tertiary/aromatic N) is 2. The SMILES string of the molecule is CCC(C)C(NN([N]C(C(=O)O)C(C)C)C(CC(C)C)C(=O)O)C(=O)O. The third-order valence-corrected chi connectivity index (χ3v) is 4.16. The molecule has 1 radical (unpaired) electrons. The zero-order chi connectivity index (χ0) is 20.6. The predicted molar refractivity (Wildman–Crippen MR) is 95.1 cm³/mol. The number of carboxylic acid groups (broad SMARTS) is 3. The maximum absolute atomic E-state index is 11.8. The number of carbonyl (C=O) groups is 3. The highest BCUT2D eigenvalue weighted by atomic mass is 16.4. The molecule has 151 valence electrons. The van der Waals surface area contributed by atoms with Crippen molar-refractivity contribution in [3.05, 3.63) is 0 Å². The van der Waals surface area contributed by atoms with Crippen LogP contribution in [0.1, 0.15) is 54.4 Å². The fourth-order valence-corrected chi connectivity index (χ4v) is 2.36. The quantitative estimate of drug-likeness (QED) is 0.355. The largest absolute Gasteiger partial charge is 0.480 e. The van der Waals surface area contributed by atoms with Crippen molar-refractivity contribution in [1.29, 1.82) is 0 Å². The first-order chi connectivity index (χ1) is 11.9. The van der Waals surface area contributed by atoms with Gasteiger partial charge < -0.3 is 15.3 Å². The highest BCUT2D eigenvalue weighted by molar-refractivity contribution is 5.76. The Morgan fingerprint density at radius 1 is 0.962 bits per heavy atom. The second-order valence-corrected chi connectivity index (χ2v) is 7.30. The normalized spacial score (nSPS) is 16.5. The average Bonchev–Trinajstić information content (AvgIpc) is 2.50. The van der Waals surface area contributed by atoms with Gasteiger partial charge in [-0.15, -0.1) is 10.5 Å². The minimum Gasteiger partial charge on any atom is -0.480 e. The van der Waals surface area contributed by atoms with Crippen LogP contribution in [0, 0.1) is 17.8 Å². The Bertz CT molecular complexity index is 483. The number of nitrogens with one attached hydrogen (secondary N) is 1. The Morgan fingerprint density at radius 2 is 1.50 bits per heavy atom. The number of carboxylic acids is 3. The molecule has 0 aromatic carbocycles. The summed E-state index contributed by atoms with van der Waals surface area (Å²) in [5.41, 5.74) is 6.72. The lowest BCUT2D eigenvalue weighted by atomic mass is 9.99. The van der Waals surface area contributed by atoms with Crippen molar-refractivity contribution in [2.75, 3.05) is 0 Å². The molecule has 9 nitrogen and oxygen atoms in total. The zero-order valence-electron chi connectivity index (χ0n) is 16.3. The van der Waals surface area contributed by atoms with Crippen LogP contribution in [0.3, 0.4) is 0 Å². The van der Waals surface area contributed by atoms with Gasteiger partial charge in [0.2, 0.25) is 0 Å². The van der Waals surface area contributed by atoms with E-state index in [0.717, 1.165) is 5.12 Å². The molecule has 0 aliphatic heterocycles. The first-order valence-corrected chi connectivity index (χ1v) is 8.86. The number of hydrogen-bond donors (Lipinski definition) is 4. The van der Waals surface area contributed by atoms with Crippen LogP contribution in [-0.4, -0.2) is 56.5 Å². The highest BCUT2D eigenvalue weighted by Gasteiger charge is 2.36. The van der Waals surface area contributed by atoms with E-state index in [1.54, 1.807) is 20.8 Å². The van der Waals surface area contributed by atoms with E-state index < -0.39 is 42.0 Å². The van der Waals surface area contributed by atoms with Crippen molar-refractivity contribution < 1.29 is 29.7 Å². The molecular weight excluding hydrogens is 342 g/mol. The number of hydrazine groups is 1. The van der Waals surface area contributed by atoms with Crippen molar-refractivity contribution in [3.8, 4) is 0 Å². The van der Waals surface area contributed by atoms with Crippen LogP contribution in [0.2, 0.25) is 0 Å². The lowest BCUT2D eigenvalue weighted by Gasteiger charge is -2.35. The molecule has 0 bridgehead atoms. The van der Waals surface area contributed by atoms with Gasteiger partial charge in [-0.05, 0) is 24.2 Å². The summed E-state index contributed by atoms with van der Waals surface area (Å²) in [5, 5.41) is 29.4. The number of aliphatic carboxylic acids is 3. The summed E-state index contributed by atoms with van der Waals surface area (Å²) < 4.78 is 0. The molecule has 0 fully saturated rings. The number of hydrogen-bond acceptors (Lipinski definition) is 5. The maximum atomic E-state index is 11.8. The van der Waals surface area contributed by atoms with E-state index in [9.17, 15) is 29.7 Å². The fraction of sp³-hybridized carbons (Fsp3) is 0.824. The van der Waals surface area contributed by atoms with Gasteiger partial charge >= 0.3 is 17.9 Å². The van der Waals surface area contributed by atoms with Crippen LogP contribution in [0.5, 0.6) is 0 Å². The summed E-state index contributed by atoms with van der Waals surface area (Å²) in [7, 11) is 0. The molecule has 0 aliphatic rings. The standard InChI is InChI=1S/C17H32N3O6/c1-7-11(6)14(17(25)26)19-20(12(15(21)22)8-9(2)3)18-13(10(4)5)16(23)24/h9-14,19H,7-8H2,1-6H3,(H,21,22)(H,23,24)(H,25,26). The van der Waals surface area contributed by atoms with Gasteiger partial charge in [-0.25, -0.2) is 5.43 Å². The molecule has 0 aliphatic carbocycles. The summed E-state index contributed by atoms with van der Waals surface area (Å²) in [5.74, 6) is -4.25. The second-order valence-electron chi connectivity index (χ2n) is 7.30. The van der Waals surface area contributed by atoms with E-state index in [1.165, 1.54) is 0 Å². The first-order valence-electron chi connectivity index (χ1n) is 8.86. The lowest BCUT2D eigenvalue weighted by molar-refractivity contribution is -0.158. The van der Waals surface area contributed by atoms with Crippen molar-refractivity contribution in [1.82, 2.24) is 16.0 Å². The van der Waals surface area contributed by atoms with Crippen molar-refractivity contribution in [2.45, 2.75) is 72.5 Å². The summed E-state index contributed by atoms with van der Waals surface area (Å²) >= 11 is 0. The molecule has 0 saturated heterocycles. The second kappa shape index (κ2) is 11.1. The molecule has 26 heavy (non-hydrogen) atoms. The van der Waals surface area contributed by atoms with Gasteiger partial charge in [0, 0.05) is 0 Å². The Labute approximate surface area is 154 Å². The zero-order valence-corrected chi connectivity index (χ0v) is 16.3. The van der Waals surface area contributed by atoms with Crippen LogP contribution in [0.4, 0.5) is 0 Å². The van der Waals surface area contributed by atoms with Crippen LogP contribution in [0.15, 0.2) is 0 Å². The molecule has 4 N–H and O–H groups in total. The Kier molecular flexibility index (Phi) is 10.4. The maximum Gasteiger partial charge on any atom is 0.324 e. The monoisotopic (exact) mass is 374 g/mol. The first kappa shape index (κ1) is 24.3. The third kappa shape index (κ3) is 7.67. The van der Waals surface area contributed by atoms with E-state index in [1.807, 2.05) is 20.8 Å². The van der Waals surface area contributed by atoms with Crippen LogP contribution >= 0.6 is 0 Å². The van der Waals surface area contributed by atoms with Crippen molar-refractivity contribution in [3.63, 3.8) is 0 Å². The number of rotatable bonds is 13. The van der Waals surface area contributed by atoms with Gasteiger partial charge in [-0.1, -0.05) is 48.0 Å². The highest BCUT2D eigenvalue weighted by Crippen LogP contribution is 2.15. The topological polar surface area (TPSA) is 141 Å². The van der Waals surface area contributed by atoms with Gasteiger partial charge in [0.25, 0.3) is 0 Å². The predicted octanol–water partition coefficient (Wildman–Crippen LogP) is 1.42. The van der Waals surface area contributed by atoms with E-state index in [2.05, 4.69) is 10.9 Å². The molecule has 0 spiro atoms. The summed E-state index contributed by atoms with van der Waals surface area (Å²) in [6.45, 7) is 10.5. The Balaban J connectivity index is 5.78. The molecule has 0 aromatic rings. The van der Waals surface area contributed by atoms with Gasteiger partial charge in [-0.2, -0.15) is 0 Å². The molecule has 0 saturated carbocycles. The molecule has 0 heterocycles. The average molecular weight is 374 g/mol. The van der Waals surface area contributed by atoms with Crippen LogP contribution < -0.4 is 10.9 Å². The Morgan fingerprint density at radius 3 is 1.81 bits per heavy atom. The molecule has 0 rings (SSSR count). The van der Waals surface area contributed by atoms with Crippen LogP contribution in [-0.2, 0) is 14.4 Å². The summed E-state index contributed by atoms with van der Waals surface area (Å²) in [4.78, 5) is 34.8. The smallest absolute Gasteiger partial charge is 0.324 e. The third-order valence-electron chi connectivity index (χ3n) is 4.16. The van der Waals surface area contributed by atoms with E-state index in [4.69, 9.17) is 0 Å². The van der Waals surface area contributed by atoms with Gasteiger partial charge in [0.05, 0.1) is 0 Å². The minimum absolute atomic E-state index is 0.00944. The van der Waals surface area contributed by atoms with Crippen LogP contribution in [0.25, 0.3) is 0 Å². The molecular formula is C17H32N3O6. The summed E-state index contributed by atoms with van der Waals surface area (Å²) in [6, 6.07) is -3.45. The van der Waals surface area contributed by atoms with E-state index in [0.29, 0.717) is 6.42 Å². The molecule has 0 aromatic heterocycles. The fourth-order valence-electron chi connectivity index (χ4n) is 2.36. The molecule has 0 amide bonds. The van der Waals surface area contributed by atoms with Gasteiger partial charge in [0.1, 0.15) is 18.1 Å². The minimum atomic E-state index is -1.20. The van der Waals surface area contributed by atoms with Gasteiger partial charge in [-0.3, -0.25) is 14.4 Å². The van der Waals surface area contributed by atoms with E-state index in [-0.39, 0.29) is 18.3 Å². The molecule has 4 atom stereocenters. The van der Waals surface area contributed by atoms with Gasteiger partial charge in [0.15, 0.2) is 0 Å². The van der Waals surface area contributed by atoms with Crippen molar-refractivity contribution >= 4 is 17.9 Å². The molecule has 9 heteroatoms. The van der Waals surface area contributed by atoms with E-state index >= 15 is 0 Å².